The van der Waals surface area contributed by atoms with E-state index in [4.69, 9.17) is 4.42 Å². The van der Waals surface area contributed by atoms with E-state index in [0.717, 1.165) is 38.3 Å². The molecule has 2 aromatic rings. The molecule has 0 unspecified atom stereocenters. The molecule has 1 aliphatic heterocycles. The standard InChI is InChI=1S/C15H19N3O2/c1-12-16-5-7-17(12)9-13-3-2-6-18(10-13)15(19)14-4-8-20-11-14/h4-5,7-8,11,13H,2-3,6,9-10H2,1H3/t13-/m1/s1. The zero-order valence-corrected chi connectivity index (χ0v) is 11.7. The first-order valence-electron chi connectivity index (χ1n) is 7.03. The summed E-state index contributed by atoms with van der Waals surface area (Å²) in [4.78, 5) is 18.5. The molecule has 0 aliphatic carbocycles. The van der Waals surface area contributed by atoms with Crippen molar-refractivity contribution < 1.29 is 9.21 Å². The molecule has 1 aliphatic rings. The third kappa shape index (κ3) is 2.61. The molecule has 0 saturated carbocycles. The first-order chi connectivity index (χ1) is 9.74. The van der Waals surface area contributed by atoms with Gasteiger partial charge in [0.2, 0.25) is 0 Å². The normalized spacial score (nSPS) is 19.2. The van der Waals surface area contributed by atoms with Crippen molar-refractivity contribution in [2.75, 3.05) is 13.1 Å². The van der Waals surface area contributed by atoms with Gasteiger partial charge < -0.3 is 13.9 Å². The van der Waals surface area contributed by atoms with Crippen molar-refractivity contribution in [3.8, 4) is 0 Å². The first-order valence-corrected chi connectivity index (χ1v) is 7.03. The molecule has 3 heterocycles. The summed E-state index contributed by atoms with van der Waals surface area (Å²) in [5.41, 5.74) is 0.643. The van der Waals surface area contributed by atoms with Crippen molar-refractivity contribution >= 4 is 5.91 Å². The Labute approximate surface area is 118 Å². The highest BCUT2D eigenvalue weighted by Gasteiger charge is 2.25. The number of carbonyl (C=O) groups excluding carboxylic acids is 1. The Morgan fingerprint density at radius 1 is 1.55 bits per heavy atom. The zero-order valence-electron chi connectivity index (χ0n) is 11.7. The van der Waals surface area contributed by atoms with E-state index >= 15 is 0 Å². The number of furan rings is 1. The summed E-state index contributed by atoms with van der Waals surface area (Å²) in [6.45, 7) is 4.59. The number of hydrogen-bond donors (Lipinski definition) is 0. The van der Waals surface area contributed by atoms with E-state index in [2.05, 4.69) is 9.55 Å². The number of nitrogens with zero attached hydrogens (tertiary/aromatic N) is 3. The van der Waals surface area contributed by atoms with Gasteiger partial charge in [0, 0.05) is 32.0 Å². The SMILES string of the molecule is Cc1nccn1C[C@H]1CCCN(C(=O)c2ccoc2)C1. The van der Waals surface area contributed by atoms with Gasteiger partial charge in [-0.05, 0) is 31.7 Å². The minimum absolute atomic E-state index is 0.0748. The number of amides is 1. The number of piperidine rings is 1. The van der Waals surface area contributed by atoms with Crippen LogP contribution in [0.5, 0.6) is 0 Å². The molecule has 0 spiro atoms. The molecular weight excluding hydrogens is 254 g/mol. The molecule has 106 valence electrons. The second kappa shape index (κ2) is 5.53. The molecule has 3 rings (SSSR count). The second-order valence-electron chi connectivity index (χ2n) is 5.40. The van der Waals surface area contributed by atoms with E-state index in [-0.39, 0.29) is 5.91 Å². The van der Waals surface area contributed by atoms with Gasteiger partial charge in [-0.15, -0.1) is 0 Å². The van der Waals surface area contributed by atoms with Crippen LogP contribution in [-0.2, 0) is 6.54 Å². The van der Waals surface area contributed by atoms with Crippen LogP contribution in [-0.4, -0.2) is 33.4 Å². The number of aryl methyl sites for hydroxylation is 1. The fourth-order valence-electron chi connectivity index (χ4n) is 2.84. The van der Waals surface area contributed by atoms with Crippen LogP contribution >= 0.6 is 0 Å². The van der Waals surface area contributed by atoms with Crippen molar-refractivity contribution in [2.24, 2.45) is 5.92 Å². The lowest BCUT2D eigenvalue weighted by Crippen LogP contribution is -2.41. The molecule has 1 saturated heterocycles. The van der Waals surface area contributed by atoms with Gasteiger partial charge in [-0.2, -0.15) is 0 Å². The minimum Gasteiger partial charge on any atom is -0.472 e. The highest BCUT2D eigenvalue weighted by Crippen LogP contribution is 2.20. The van der Waals surface area contributed by atoms with Gasteiger partial charge in [-0.1, -0.05) is 0 Å². The first kappa shape index (κ1) is 13.0. The molecule has 5 nitrogen and oxygen atoms in total. The molecule has 1 atom stereocenters. The Morgan fingerprint density at radius 2 is 2.45 bits per heavy atom. The maximum absolute atomic E-state index is 12.3. The van der Waals surface area contributed by atoms with Gasteiger partial charge in [-0.25, -0.2) is 4.98 Å². The summed E-state index contributed by atoms with van der Waals surface area (Å²) in [6.07, 6.45) is 9.11. The van der Waals surface area contributed by atoms with Crippen LogP contribution in [0.1, 0.15) is 29.0 Å². The number of aromatic nitrogens is 2. The number of hydrogen-bond acceptors (Lipinski definition) is 3. The van der Waals surface area contributed by atoms with Gasteiger partial charge in [0.25, 0.3) is 5.91 Å². The molecule has 1 fully saturated rings. The van der Waals surface area contributed by atoms with E-state index in [1.54, 1.807) is 12.3 Å². The zero-order chi connectivity index (χ0) is 13.9. The summed E-state index contributed by atoms with van der Waals surface area (Å²) in [6, 6.07) is 1.73. The third-order valence-corrected chi connectivity index (χ3v) is 3.95. The van der Waals surface area contributed by atoms with Crippen LogP contribution in [0.15, 0.2) is 35.4 Å². The maximum atomic E-state index is 12.3. The van der Waals surface area contributed by atoms with Crippen LogP contribution in [0.4, 0.5) is 0 Å². The minimum atomic E-state index is 0.0748. The fraction of sp³-hybridized carbons (Fsp3) is 0.467. The molecule has 0 aromatic carbocycles. The Bertz CT molecular complexity index is 574. The van der Waals surface area contributed by atoms with Crippen molar-refractivity contribution in [1.82, 2.24) is 14.5 Å². The lowest BCUT2D eigenvalue weighted by molar-refractivity contribution is 0.0661. The molecule has 0 bridgehead atoms. The Balaban J connectivity index is 1.65. The van der Waals surface area contributed by atoms with Crippen molar-refractivity contribution in [2.45, 2.75) is 26.3 Å². The summed E-state index contributed by atoms with van der Waals surface area (Å²) in [5, 5.41) is 0. The Kier molecular flexibility index (Phi) is 3.58. The summed E-state index contributed by atoms with van der Waals surface area (Å²) in [7, 11) is 0. The van der Waals surface area contributed by atoms with Crippen molar-refractivity contribution in [3.63, 3.8) is 0 Å². The monoisotopic (exact) mass is 273 g/mol. The van der Waals surface area contributed by atoms with E-state index < -0.39 is 0 Å². The van der Waals surface area contributed by atoms with Crippen LogP contribution < -0.4 is 0 Å². The average molecular weight is 273 g/mol. The van der Waals surface area contributed by atoms with E-state index in [0.29, 0.717) is 11.5 Å². The predicted molar refractivity (Wildman–Crippen MR) is 74.3 cm³/mol. The molecule has 2 aromatic heterocycles. The van der Waals surface area contributed by atoms with Gasteiger partial charge in [0.15, 0.2) is 0 Å². The van der Waals surface area contributed by atoms with E-state index in [1.807, 2.05) is 24.2 Å². The Morgan fingerprint density at radius 3 is 3.15 bits per heavy atom. The Hall–Kier alpha value is -2.04. The lowest BCUT2D eigenvalue weighted by atomic mass is 9.97. The number of carbonyl (C=O) groups is 1. The van der Waals surface area contributed by atoms with E-state index in [9.17, 15) is 4.79 Å². The number of rotatable bonds is 3. The van der Waals surface area contributed by atoms with E-state index in [1.165, 1.54) is 6.26 Å². The molecule has 5 heteroatoms. The van der Waals surface area contributed by atoms with Gasteiger partial charge in [-0.3, -0.25) is 4.79 Å². The molecule has 0 N–H and O–H groups in total. The maximum Gasteiger partial charge on any atom is 0.257 e. The molecule has 20 heavy (non-hydrogen) atoms. The van der Waals surface area contributed by atoms with Crippen LogP contribution in [0.2, 0.25) is 0 Å². The quantitative estimate of drug-likeness (QED) is 0.862. The highest BCUT2D eigenvalue weighted by atomic mass is 16.3. The van der Waals surface area contributed by atoms with Gasteiger partial charge in [0.1, 0.15) is 12.1 Å². The van der Waals surface area contributed by atoms with Crippen molar-refractivity contribution in [3.05, 3.63) is 42.4 Å². The number of imidazole rings is 1. The predicted octanol–water partition coefficient (Wildman–Crippen LogP) is 2.34. The molecule has 1 amide bonds. The topological polar surface area (TPSA) is 51.3 Å². The fourth-order valence-corrected chi connectivity index (χ4v) is 2.84. The van der Waals surface area contributed by atoms with Crippen LogP contribution in [0.25, 0.3) is 0 Å². The second-order valence-corrected chi connectivity index (χ2v) is 5.40. The summed E-state index contributed by atoms with van der Waals surface area (Å²) >= 11 is 0. The van der Waals surface area contributed by atoms with Gasteiger partial charge >= 0.3 is 0 Å². The molecule has 0 radical (unpaired) electrons. The van der Waals surface area contributed by atoms with Crippen LogP contribution in [0, 0.1) is 12.8 Å². The largest absolute Gasteiger partial charge is 0.472 e. The smallest absolute Gasteiger partial charge is 0.257 e. The summed E-state index contributed by atoms with van der Waals surface area (Å²) in [5.74, 6) is 1.60. The lowest BCUT2D eigenvalue weighted by Gasteiger charge is -2.32. The average Bonchev–Trinajstić information content (AvgIpc) is 3.11. The van der Waals surface area contributed by atoms with Crippen LogP contribution in [0.3, 0.4) is 0 Å². The summed E-state index contributed by atoms with van der Waals surface area (Å²) < 4.78 is 7.16. The highest BCUT2D eigenvalue weighted by molar-refractivity contribution is 5.93. The third-order valence-electron chi connectivity index (χ3n) is 3.95. The van der Waals surface area contributed by atoms with Gasteiger partial charge in [0.05, 0.1) is 11.8 Å². The molecular formula is C15H19N3O2. The van der Waals surface area contributed by atoms with Crippen molar-refractivity contribution in [1.29, 1.82) is 0 Å². The number of likely N-dealkylation sites (tertiary alicyclic amines) is 1.